The fourth-order valence-electron chi connectivity index (χ4n) is 4.21. The van der Waals surface area contributed by atoms with E-state index in [1.54, 1.807) is 0 Å². The third-order valence-electron chi connectivity index (χ3n) is 6.05. The monoisotopic (exact) mass is 392 g/mol. The number of aryl methyl sites for hydroxylation is 1. The van der Waals surface area contributed by atoms with Crippen molar-refractivity contribution < 1.29 is 0 Å². The predicted molar refractivity (Wildman–Crippen MR) is 118 cm³/mol. The third kappa shape index (κ3) is 4.28. The highest BCUT2D eigenvalue weighted by Gasteiger charge is 2.24. The van der Waals surface area contributed by atoms with Crippen LogP contribution in [0.2, 0.25) is 0 Å². The number of rotatable bonds is 7. The van der Waals surface area contributed by atoms with Crippen LogP contribution >= 0.6 is 0 Å². The highest BCUT2D eigenvalue weighted by molar-refractivity contribution is 5.78. The van der Waals surface area contributed by atoms with E-state index in [1.165, 1.54) is 5.69 Å². The summed E-state index contributed by atoms with van der Waals surface area (Å²) in [6, 6.07) is 11.0. The van der Waals surface area contributed by atoms with Gasteiger partial charge in [-0.2, -0.15) is 5.10 Å². The van der Waals surface area contributed by atoms with E-state index in [1.807, 2.05) is 17.2 Å². The van der Waals surface area contributed by atoms with Crippen LogP contribution < -0.4 is 0 Å². The summed E-state index contributed by atoms with van der Waals surface area (Å²) in [5.74, 6) is 0. The van der Waals surface area contributed by atoms with Crippen LogP contribution in [0, 0.1) is 0 Å². The van der Waals surface area contributed by atoms with Gasteiger partial charge in [-0.1, -0.05) is 37.3 Å². The fourth-order valence-corrected chi connectivity index (χ4v) is 4.21. The molecule has 0 amide bonds. The average Bonchev–Trinajstić information content (AvgIpc) is 3.40. The third-order valence-corrected chi connectivity index (χ3v) is 6.05. The molecule has 1 saturated heterocycles. The summed E-state index contributed by atoms with van der Waals surface area (Å²) in [5, 5.41) is 4.52. The molecule has 1 aliphatic heterocycles. The lowest BCUT2D eigenvalue weighted by Gasteiger charge is -2.38. The lowest BCUT2D eigenvalue weighted by Crippen LogP contribution is -2.50. The van der Waals surface area contributed by atoms with Crippen LogP contribution in [-0.4, -0.2) is 68.4 Å². The predicted octanol–water partition coefficient (Wildman–Crippen LogP) is 3.46. The van der Waals surface area contributed by atoms with E-state index in [0.717, 1.165) is 62.5 Å². The Bertz CT molecular complexity index is 905. The largest absolute Gasteiger partial charge is 0.328 e. The molecule has 3 heterocycles. The van der Waals surface area contributed by atoms with Crippen LogP contribution in [0.1, 0.15) is 20.3 Å². The van der Waals surface area contributed by atoms with Crippen molar-refractivity contribution in [2.75, 3.05) is 33.2 Å². The van der Waals surface area contributed by atoms with Crippen LogP contribution in [0.5, 0.6) is 0 Å². The van der Waals surface area contributed by atoms with Crippen LogP contribution in [-0.2, 0) is 13.1 Å². The van der Waals surface area contributed by atoms with Crippen molar-refractivity contribution >= 4 is 0 Å². The molecule has 1 fully saturated rings. The molecule has 1 atom stereocenters. The number of imidazole rings is 1. The van der Waals surface area contributed by atoms with Gasteiger partial charge in [0.05, 0.1) is 23.9 Å². The van der Waals surface area contributed by atoms with E-state index in [0.29, 0.717) is 6.04 Å². The van der Waals surface area contributed by atoms with Gasteiger partial charge in [-0.3, -0.25) is 9.58 Å². The van der Waals surface area contributed by atoms with Crippen LogP contribution in [0.3, 0.4) is 0 Å². The summed E-state index contributed by atoms with van der Waals surface area (Å²) >= 11 is 0. The second kappa shape index (κ2) is 8.93. The minimum absolute atomic E-state index is 0.515. The summed E-state index contributed by atoms with van der Waals surface area (Å²) < 4.78 is 4.32. The average molecular weight is 393 g/mol. The van der Waals surface area contributed by atoms with Gasteiger partial charge in [0.2, 0.25) is 0 Å². The first-order valence-electron chi connectivity index (χ1n) is 10.8. The summed E-state index contributed by atoms with van der Waals surface area (Å²) in [6.45, 7) is 10.8. The maximum atomic E-state index is 4.84. The van der Waals surface area contributed by atoms with Crippen LogP contribution in [0.4, 0.5) is 0 Å². The number of nitrogens with zero attached hydrogens (tertiary/aromatic N) is 6. The number of hydrogen-bond acceptors (Lipinski definition) is 4. The quantitative estimate of drug-likeness (QED) is 0.618. The first-order valence-corrected chi connectivity index (χ1v) is 10.8. The zero-order valence-corrected chi connectivity index (χ0v) is 17.8. The summed E-state index contributed by atoms with van der Waals surface area (Å²) in [4.78, 5) is 9.90. The number of hydrogen-bond donors (Lipinski definition) is 0. The van der Waals surface area contributed by atoms with E-state index < -0.39 is 0 Å². The van der Waals surface area contributed by atoms with Gasteiger partial charge in [0.25, 0.3) is 0 Å². The van der Waals surface area contributed by atoms with Crippen molar-refractivity contribution in [2.24, 2.45) is 0 Å². The Morgan fingerprint density at radius 3 is 2.41 bits per heavy atom. The Balaban J connectivity index is 1.68. The van der Waals surface area contributed by atoms with E-state index >= 15 is 0 Å². The first-order chi connectivity index (χ1) is 14.2. The second-order valence-corrected chi connectivity index (χ2v) is 7.95. The van der Waals surface area contributed by atoms with Gasteiger partial charge >= 0.3 is 0 Å². The molecule has 6 nitrogen and oxygen atoms in total. The Labute approximate surface area is 173 Å². The van der Waals surface area contributed by atoms with E-state index in [9.17, 15) is 0 Å². The smallest absolute Gasteiger partial charge is 0.0964 e. The summed E-state index contributed by atoms with van der Waals surface area (Å²) in [7, 11) is 2.21. The van der Waals surface area contributed by atoms with Crippen molar-refractivity contribution in [3.63, 3.8) is 0 Å². The van der Waals surface area contributed by atoms with Crippen LogP contribution in [0.15, 0.2) is 49.1 Å². The maximum absolute atomic E-state index is 4.84. The molecule has 0 spiro atoms. The molecule has 1 aromatic carbocycles. The van der Waals surface area contributed by atoms with Gasteiger partial charge in [0.1, 0.15) is 0 Å². The molecule has 0 bridgehead atoms. The highest BCUT2D eigenvalue weighted by atomic mass is 15.3. The van der Waals surface area contributed by atoms with Gasteiger partial charge < -0.3 is 9.47 Å². The number of benzene rings is 1. The van der Waals surface area contributed by atoms with Crippen LogP contribution in [0.25, 0.3) is 22.5 Å². The molecule has 3 aromatic rings. The fraction of sp³-hybridized carbons (Fsp3) is 0.478. The Morgan fingerprint density at radius 1 is 1.00 bits per heavy atom. The molecule has 6 heteroatoms. The lowest BCUT2D eigenvalue weighted by molar-refractivity contribution is 0.100. The van der Waals surface area contributed by atoms with Gasteiger partial charge in [-0.25, -0.2) is 4.98 Å². The minimum atomic E-state index is 0.515. The zero-order valence-electron chi connectivity index (χ0n) is 17.8. The number of piperazine rings is 1. The zero-order chi connectivity index (χ0) is 20.2. The van der Waals surface area contributed by atoms with Gasteiger partial charge in [-0.05, 0) is 20.4 Å². The SMILES string of the molecule is CC[C@@H](Cn1cnc(-c2ccccc2)c1-c1cnn(CC)c1)N1CCN(C)CC1. The van der Waals surface area contributed by atoms with Gasteiger partial charge in [-0.15, -0.1) is 0 Å². The lowest BCUT2D eigenvalue weighted by atomic mass is 10.1. The van der Waals surface area contributed by atoms with Gasteiger partial charge in [0.15, 0.2) is 0 Å². The normalized spacial score (nSPS) is 16.9. The number of aromatic nitrogens is 4. The molecule has 4 rings (SSSR count). The molecule has 0 aliphatic carbocycles. The molecule has 0 unspecified atom stereocenters. The Kier molecular flexibility index (Phi) is 6.11. The molecule has 29 heavy (non-hydrogen) atoms. The number of likely N-dealkylation sites (N-methyl/N-ethyl adjacent to an activating group) is 1. The molecule has 0 N–H and O–H groups in total. The van der Waals surface area contributed by atoms with Crippen molar-refractivity contribution in [1.82, 2.24) is 29.1 Å². The first kappa shape index (κ1) is 19.9. The highest BCUT2D eigenvalue weighted by Crippen LogP contribution is 2.31. The molecule has 154 valence electrons. The molecular formula is C23H32N6. The Morgan fingerprint density at radius 2 is 1.76 bits per heavy atom. The second-order valence-electron chi connectivity index (χ2n) is 7.95. The minimum Gasteiger partial charge on any atom is -0.328 e. The van der Waals surface area contributed by atoms with E-state index in [4.69, 9.17) is 4.98 Å². The Hall–Kier alpha value is -2.44. The standard InChI is InChI=1S/C23H32N6/c1-4-21(27-13-11-26(3)12-14-27)17-28-18-24-22(19-9-7-6-8-10-19)23(28)20-15-25-29(5-2)16-20/h6-10,15-16,18,21H,4-5,11-14,17H2,1-3H3/t21-/m0/s1. The molecule has 2 aromatic heterocycles. The van der Waals surface area contributed by atoms with E-state index in [2.05, 4.69) is 76.9 Å². The topological polar surface area (TPSA) is 42.1 Å². The molecule has 0 radical (unpaired) electrons. The van der Waals surface area contributed by atoms with Gasteiger partial charge in [0, 0.05) is 62.6 Å². The maximum Gasteiger partial charge on any atom is 0.0964 e. The van der Waals surface area contributed by atoms with Crippen molar-refractivity contribution in [2.45, 2.75) is 39.4 Å². The van der Waals surface area contributed by atoms with Crippen molar-refractivity contribution in [3.05, 3.63) is 49.1 Å². The van der Waals surface area contributed by atoms with Crippen molar-refractivity contribution in [1.29, 1.82) is 0 Å². The van der Waals surface area contributed by atoms with E-state index in [-0.39, 0.29) is 0 Å². The summed E-state index contributed by atoms with van der Waals surface area (Å²) in [6.07, 6.45) is 7.26. The summed E-state index contributed by atoms with van der Waals surface area (Å²) in [5.41, 5.74) is 4.49. The molecule has 0 saturated carbocycles. The molecule has 1 aliphatic rings. The molecular weight excluding hydrogens is 360 g/mol. The van der Waals surface area contributed by atoms with Crippen molar-refractivity contribution in [3.8, 4) is 22.5 Å².